The van der Waals surface area contributed by atoms with Crippen LogP contribution in [0.15, 0.2) is 12.1 Å². The van der Waals surface area contributed by atoms with E-state index in [1.54, 1.807) is 5.56 Å². The first-order valence-electron chi connectivity index (χ1n) is 7.74. The second-order valence-corrected chi connectivity index (χ2v) is 7.20. The van der Waals surface area contributed by atoms with Gasteiger partial charge < -0.3 is 0 Å². The fourth-order valence-electron chi connectivity index (χ4n) is 4.58. The van der Waals surface area contributed by atoms with Crippen molar-refractivity contribution >= 4 is 0 Å². The van der Waals surface area contributed by atoms with E-state index in [1.165, 1.54) is 42.6 Å². The maximum atomic E-state index is 2.70. The van der Waals surface area contributed by atoms with Crippen LogP contribution >= 0.6 is 0 Å². The third-order valence-electron chi connectivity index (χ3n) is 5.94. The van der Waals surface area contributed by atoms with Crippen molar-refractivity contribution in [3.63, 3.8) is 0 Å². The Hall–Kier alpha value is -0.820. The number of fused-ring (bicyclic) bond motifs is 3. The number of hydrogen-bond acceptors (Lipinski definition) is 1. The molecule has 4 rings (SSSR count). The summed E-state index contributed by atoms with van der Waals surface area (Å²) in [6.45, 7) is 14.4. The van der Waals surface area contributed by atoms with Crippen molar-refractivity contribution in [3.8, 4) is 0 Å². The molecule has 2 bridgehead atoms. The summed E-state index contributed by atoms with van der Waals surface area (Å²) in [6.07, 6.45) is 2.74. The van der Waals surface area contributed by atoms with Crippen molar-refractivity contribution in [2.24, 2.45) is 5.41 Å². The molecule has 3 saturated heterocycles. The van der Waals surface area contributed by atoms with Gasteiger partial charge in [-0.25, -0.2) is 0 Å². The largest absolute Gasteiger partial charge is 0.300 e. The average Bonchev–Trinajstić information content (AvgIpc) is 2.35. The zero-order chi connectivity index (χ0) is 13.8. The molecule has 0 amide bonds. The van der Waals surface area contributed by atoms with Crippen LogP contribution < -0.4 is 0 Å². The van der Waals surface area contributed by atoms with Crippen LogP contribution in [0.1, 0.15) is 54.9 Å². The van der Waals surface area contributed by atoms with E-state index in [4.69, 9.17) is 0 Å². The van der Waals surface area contributed by atoms with E-state index in [9.17, 15) is 0 Å². The highest BCUT2D eigenvalue weighted by atomic mass is 15.2. The van der Waals surface area contributed by atoms with Crippen molar-refractivity contribution in [1.29, 1.82) is 0 Å². The van der Waals surface area contributed by atoms with Gasteiger partial charge in [-0.1, -0.05) is 24.6 Å². The Morgan fingerprint density at radius 2 is 1.74 bits per heavy atom. The predicted molar refractivity (Wildman–Crippen MR) is 81.8 cm³/mol. The topological polar surface area (TPSA) is 3.24 Å². The summed E-state index contributed by atoms with van der Waals surface area (Å²) in [5.74, 6) is 0.716. The number of nitrogens with zero attached hydrogens (tertiary/aromatic N) is 1. The molecular formula is C18H27N. The highest BCUT2D eigenvalue weighted by Gasteiger charge is 2.48. The lowest BCUT2D eigenvalue weighted by atomic mass is 9.60. The van der Waals surface area contributed by atoms with Gasteiger partial charge in [-0.05, 0) is 75.7 Å². The molecule has 0 N–H and O–H groups in total. The van der Waals surface area contributed by atoms with Crippen LogP contribution in [0.4, 0.5) is 0 Å². The molecule has 1 aromatic carbocycles. The quantitative estimate of drug-likeness (QED) is 0.729. The smallest absolute Gasteiger partial charge is 0.0141 e. The molecule has 0 radical (unpaired) electrons. The monoisotopic (exact) mass is 257 g/mol. The fraction of sp³-hybridized carbons (Fsp3) is 0.667. The lowest BCUT2D eigenvalue weighted by Crippen LogP contribution is -2.57. The van der Waals surface area contributed by atoms with E-state index in [1.807, 2.05) is 0 Å². The van der Waals surface area contributed by atoms with Crippen molar-refractivity contribution < 1.29 is 0 Å². The molecule has 104 valence electrons. The molecule has 0 aromatic heterocycles. The Kier molecular flexibility index (Phi) is 3.01. The zero-order valence-electron chi connectivity index (χ0n) is 13.1. The van der Waals surface area contributed by atoms with Crippen LogP contribution in [0.25, 0.3) is 0 Å². The molecule has 19 heavy (non-hydrogen) atoms. The third-order valence-corrected chi connectivity index (χ3v) is 5.94. The van der Waals surface area contributed by atoms with Crippen LogP contribution in [0.3, 0.4) is 0 Å². The van der Waals surface area contributed by atoms with Gasteiger partial charge in [0.2, 0.25) is 0 Å². The van der Waals surface area contributed by atoms with E-state index < -0.39 is 0 Å². The van der Waals surface area contributed by atoms with E-state index in [2.05, 4.69) is 51.7 Å². The SMILES string of the molecule is Cc1cc(C)c(C)c(C2C(C)N3CCC2(C)CC3)c1. The number of rotatable bonds is 1. The minimum absolute atomic E-state index is 0.513. The summed E-state index contributed by atoms with van der Waals surface area (Å²) in [5.41, 5.74) is 6.54. The van der Waals surface area contributed by atoms with Gasteiger partial charge in [-0.3, -0.25) is 4.90 Å². The van der Waals surface area contributed by atoms with Gasteiger partial charge in [0.15, 0.2) is 0 Å². The number of hydrogen-bond donors (Lipinski definition) is 0. The first-order chi connectivity index (χ1) is 8.92. The highest BCUT2D eigenvalue weighted by molar-refractivity contribution is 5.41. The number of aryl methyl sites for hydroxylation is 2. The minimum atomic E-state index is 0.513. The molecule has 1 heteroatoms. The second-order valence-electron chi connectivity index (χ2n) is 7.20. The minimum Gasteiger partial charge on any atom is -0.300 e. The molecule has 2 unspecified atom stereocenters. The van der Waals surface area contributed by atoms with E-state index in [0.29, 0.717) is 17.4 Å². The van der Waals surface area contributed by atoms with Crippen molar-refractivity contribution in [1.82, 2.24) is 4.90 Å². The molecular weight excluding hydrogens is 230 g/mol. The summed E-state index contributed by atoms with van der Waals surface area (Å²) in [6, 6.07) is 5.48. The normalized spacial score (nSPS) is 37.6. The highest BCUT2D eigenvalue weighted by Crippen LogP contribution is 2.53. The third kappa shape index (κ3) is 1.94. The lowest BCUT2D eigenvalue weighted by Gasteiger charge is -2.56. The standard InChI is InChI=1S/C18H27N/c1-12-10-13(2)14(3)16(11-12)17-15(4)19-8-6-18(17,5)7-9-19/h10-11,15,17H,6-9H2,1-5H3. The van der Waals surface area contributed by atoms with E-state index >= 15 is 0 Å². The maximum absolute atomic E-state index is 2.70. The Morgan fingerprint density at radius 1 is 1.11 bits per heavy atom. The van der Waals surface area contributed by atoms with Crippen LogP contribution in [0.5, 0.6) is 0 Å². The van der Waals surface area contributed by atoms with Gasteiger partial charge >= 0.3 is 0 Å². The molecule has 0 saturated carbocycles. The van der Waals surface area contributed by atoms with Crippen LogP contribution in [-0.2, 0) is 0 Å². The Bertz CT molecular complexity index is 495. The molecule has 3 fully saturated rings. The predicted octanol–water partition coefficient (Wildman–Crippen LogP) is 4.20. The zero-order valence-corrected chi connectivity index (χ0v) is 13.1. The summed E-state index contributed by atoms with van der Waals surface area (Å²) in [7, 11) is 0. The molecule has 0 spiro atoms. The van der Waals surface area contributed by atoms with Crippen LogP contribution in [-0.4, -0.2) is 24.0 Å². The van der Waals surface area contributed by atoms with Gasteiger partial charge in [-0.15, -0.1) is 0 Å². The fourth-order valence-corrected chi connectivity index (χ4v) is 4.58. The van der Waals surface area contributed by atoms with Crippen molar-refractivity contribution in [2.45, 2.75) is 59.4 Å². The second kappa shape index (κ2) is 4.34. The van der Waals surface area contributed by atoms with Gasteiger partial charge in [0.05, 0.1) is 0 Å². The summed E-state index contributed by atoms with van der Waals surface area (Å²) >= 11 is 0. The molecule has 2 atom stereocenters. The average molecular weight is 257 g/mol. The molecule has 3 aliphatic rings. The first-order valence-corrected chi connectivity index (χ1v) is 7.74. The Balaban J connectivity index is 2.11. The van der Waals surface area contributed by atoms with Crippen LogP contribution in [0.2, 0.25) is 0 Å². The molecule has 1 aromatic rings. The molecule has 3 aliphatic heterocycles. The summed E-state index contributed by atoms with van der Waals surface area (Å²) < 4.78 is 0. The van der Waals surface area contributed by atoms with Gasteiger partial charge in [0.1, 0.15) is 0 Å². The molecule has 3 heterocycles. The molecule has 0 aliphatic carbocycles. The lowest BCUT2D eigenvalue weighted by molar-refractivity contribution is -0.0270. The summed E-state index contributed by atoms with van der Waals surface area (Å²) in [5, 5.41) is 0. The number of benzene rings is 1. The first kappa shape index (κ1) is 13.2. The van der Waals surface area contributed by atoms with E-state index in [-0.39, 0.29) is 0 Å². The van der Waals surface area contributed by atoms with Crippen molar-refractivity contribution in [2.75, 3.05) is 13.1 Å². The van der Waals surface area contributed by atoms with E-state index in [0.717, 1.165) is 0 Å². The van der Waals surface area contributed by atoms with Gasteiger partial charge in [0, 0.05) is 12.0 Å². The molecule has 1 nitrogen and oxygen atoms in total. The van der Waals surface area contributed by atoms with Crippen LogP contribution in [0, 0.1) is 26.2 Å². The Morgan fingerprint density at radius 3 is 2.32 bits per heavy atom. The van der Waals surface area contributed by atoms with Gasteiger partial charge in [-0.2, -0.15) is 0 Å². The Labute approximate surface area is 118 Å². The summed E-state index contributed by atoms with van der Waals surface area (Å²) in [4.78, 5) is 2.70. The number of piperidine rings is 3. The van der Waals surface area contributed by atoms with Gasteiger partial charge in [0.25, 0.3) is 0 Å². The maximum Gasteiger partial charge on any atom is 0.0141 e. The van der Waals surface area contributed by atoms with Crippen molar-refractivity contribution in [3.05, 3.63) is 34.4 Å².